The zero-order valence-corrected chi connectivity index (χ0v) is 12.8. The van der Waals surface area contributed by atoms with Crippen molar-refractivity contribution in [1.82, 2.24) is 15.5 Å². The molecule has 0 aliphatic rings. The Balaban J connectivity index is 2.64. The van der Waals surface area contributed by atoms with Crippen LogP contribution < -0.4 is 5.32 Å². The Bertz CT molecular complexity index is 348. The fourth-order valence-electron chi connectivity index (χ4n) is 2.24. The summed E-state index contributed by atoms with van der Waals surface area (Å²) in [5.41, 5.74) is 0. The molecule has 0 aromatic carbocycles. The van der Waals surface area contributed by atoms with E-state index in [9.17, 15) is 0 Å². The molecular weight excluding hydrogens is 242 g/mol. The van der Waals surface area contributed by atoms with Gasteiger partial charge in [-0.05, 0) is 25.3 Å². The molecule has 0 radical (unpaired) electrons. The molecule has 1 heterocycles. The highest BCUT2D eigenvalue weighted by molar-refractivity contribution is 4.93. The lowest BCUT2D eigenvalue weighted by molar-refractivity contribution is 0.0903. The molecule has 1 rings (SSSR count). The zero-order chi connectivity index (χ0) is 14.3. The Morgan fingerprint density at radius 1 is 1.32 bits per heavy atom. The highest BCUT2D eigenvalue weighted by Crippen LogP contribution is 2.17. The summed E-state index contributed by atoms with van der Waals surface area (Å²) in [7, 11) is 1.67. The number of nitrogens with one attached hydrogen (secondary N) is 1. The van der Waals surface area contributed by atoms with Crippen LogP contribution in [0.1, 0.15) is 58.4 Å². The summed E-state index contributed by atoms with van der Waals surface area (Å²) in [6.07, 6.45) is 2.66. The minimum atomic E-state index is -0.0693. The SMILES string of the molecule is CCNC(Cc1nc(C(CC)OC)no1)CC(C)C. The van der Waals surface area contributed by atoms with Crippen LogP contribution in [0.25, 0.3) is 0 Å². The molecule has 1 N–H and O–H groups in total. The number of ether oxygens (including phenoxy) is 1. The van der Waals surface area contributed by atoms with Crippen LogP contribution in [0.5, 0.6) is 0 Å². The van der Waals surface area contributed by atoms with Crippen LogP contribution in [-0.4, -0.2) is 29.8 Å². The quantitative estimate of drug-likeness (QED) is 0.747. The first kappa shape index (κ1) is 16.1. The number of hydrogen-bond donors (Lipinski definition) is 1. The Morgan fingerprint density at radius 3 is 2.58 bits per heavy atom. The van der Waals surface area contributed by atoms with Gasteiger partial charge < -0.3 is 14.6 Å². The average Bonchev–Trinajstić information content (AvgIpc) is 2.78. The third-order valence-electron chi connectivity index (χ3n) is 3.10. The standard InChI is InChI=1S/C14H27N3O2/c1-6-12(18-5)14-16-13(19-17-14)9-11(15-7-2)8-10(3)4/h10-12,15H,6-9H2,1-5H3. The summed E-state index contributed by atoms with van der Waals surface area (Å²) < 4.78 is 10.6. The summed E-state index contributed by atoms with van der Waals surface area (Å²) >= 11 is 0. The minimum Gasteiger partial charge on any atom is -0.373 e. The topological polar surface area (TPSA) is 60.2 Å². The Labute approximate surface area is 116 Å². The Hall–Kier alpha value is -0.940. The fraction of sp³-hybridized carbons (Fsp3) is 0.857. The van der Waals surface area contributed by atoms with Gasteiger partial charge in [0, 0.05) is 19.6 Å². The predicted octanol–water partition coefficient (Wildman–Crippen LogP) is 2.73. The van der Waals surface area contributed by atoms with Gasteiger partial charge in [-0.25, -0.2) is 0 Å². The zero-order valence-electron chi connectivity index (χ0n) is 12.8. The predicted molar refractivity (Wildman–Crippen MR) is 75.0 cm³/mol. The summed E-state index contributed by atoms with van der Waals surface area (Å²) in [4.78, 5) is 4.44. The first-order valence-corrected chi connectivity index (χ1v) is 7.19. The van der Waals surface area contributed by atoms with Gasteiger partial charge in [-0.3, -0.25) is 0 Å². The van der Waals surface area contributed by atoms with Crippen molar-refractivity contribution >= 4 is 0 Å². The van der Waals surface area contributed by atoms with E-state index in [1.807, 2.05) is 6.92 Å². The van der Waals surface area contributed by atoms with Crippen LogP contribution in [0.2, 0.25) is 0 Å². The van der Waals surface area contributed by atoms with Gasteiger partial charge in [0.25, 0.3) is 0 Å². The second-order valence-corrected chi connectivity index (χ2v) is 5.27. The first-order valence-electron chi connectivity index (χ1n) is 7.19. The molecule has 5 heteroatoms. The summed E-state index contributed by atoms with van der Waals surface area (Å²) in [6.45, 7) is 9.56. The smallest absolute Gasteiger partial charge is 0.228 e. The molecule has 0 fully saturated rings. The van der Waals surface area contributed by atoms with Gasteiger partial charge in [0.05, 0.1) is 0 Å². The van der Waals surface area contributed by atoms with Crippen LogP contribution in [0, 0.1) is 5.92 Å². The number of methoxy groups -OCH3 is 1. The molecule has 1 aromatic heterocycles. The van der Waals surface area contributed by atoms with Crippen LogP contribution in [0.3, 0.4) is 0 Å². The van der Waals surface area contributed by atoms with Crippen LogP contribution in [-0.2, 0) is 11.2 Å². The molecule has 0 saturated heterocycles. The van der Waals surface area contributed by atoms with E-state index >= 15 is 0 Å². The highest BCUT2D eigenvalue weighted by Gasteiger charge is 2.19. The lowest BCUT2D eigenvalue weighted by Gasteiger charge is -2.17. The van der Waals surface area contributed by atoms with E-state index in [-0.39, 0.29) is 6.10 Å². The van der Waals surface area contributed by atoms with E-state index in [1.165, 1.54) is 0 Å². The van der Waals surface area contributed by atoms with Gasteiger partial charge in [0.15, 0.2) is 0 Å². The highest BCUT2D eigenvalue weighted by atomic mass is 16.5. The number of hydrogen-bond acceptors (Lipinski definition) is 5. The van der Waals surface area contributed by atoms with Gasteiger partial charge >= 0.3 is 0 Å². The van der Waals surface area contributed by atoms with Crippen LogP contribution in [0.15, 0.2) is 4.52 Å². The lowest BCUT2D eigenvalue weighted by atomic mass is 10.0. The number of aromatic nitrogens is 2. The van der Waals surface area contributed by atoms with Crippen LogP contribution >= 0.6 is 0 Å². The van der Waals surface area contributed by atoms with Gasteiger partial charge in [-0.2, -0.15) is 4.98 Å². The second-order valence-electron chi connectivity index (χ2n) is 5.27. The van der Waals surface area contributed by atoms with Crippen LogP contribution in [0.4, 0.5) is 0 Å². The molecule has 19 heavy (non-hydrogen) atoms. The average molecular weight is 269 g/mol. The van der Waals surface area contributed by atoms with E-state index in [1.54, 1.807) is 7.11 Å². The molecule has 0 bridgehead atoms. The van der Waals surface area contributed by atoms with Crippen molar-refractivity contribution < 1.29 is 9.26 Å². The molecule has 0 aliphatic heterocycles. The van der Waals surface area contributed by atoms with E-state index < -0.39 is 0 Å². The molecule has 0 aliphatic carbocycles. The number of rotatable bonds is 9. The minimum absolute atomic E-state index is 0.0693. The van der Waals surface area contributed by atoms with Gasteiger partial charge in [0.1, 0.15) is 6.10 Å². The Morgan fingerprint density at radius 2 is 2.05 bits per heavy atom. The maximum absolute atomic E-state index is 5.33. The molecular formula is C14H27N3O2. The molecule has 2 atom stereocenters. The lowest BCUT2D eigenvalue weighted by Crippen LogP contribution is -2.32. The van der Waals surface area contributed by atoms with E-state index in [4.69, 9.17) is 9.26 Å². The molecule has 0 spiro atoms. The Kier molecular flexibility index (Phi) is 7.02. The summed E-state index contributed by atoms with van der Waals surface area (Å²) in [5.74, 6) is 1.99. The molecule has 5 nitrogen and oxygen atoms in total. The van der Waals surface area contributed by atoms with E-state index in [0.717, 1.165) is 25.8 Å². The van der Waals surface area contributed by atoms with Gasteiger partial charge in [-0.1, -0.05) is 32.9 Å². The monoisotopic (exact) mass is 269 g/mol. The molecule has 0 saturated carbocycles. The third kappa shape index (κ3) is 5.28. The van der Waals surface area contributed by atoms with Crippen molar-refractivity contribution in [3.8, 4) is 0 Å². The largest absolute Gasteiger partial charge is 0.373 e. The summed E-state index contributed by atoms with van der Waals surface area (Å²) in [6, 6.07) is 0.390. The molecule has 1 aromatic rings. The molecule has 0 amide bonds. The van der Waals surface area contributed by atoms with Gasteiger partial charge in [-0.15, -0.1) is 0 Å². The van der Waals surface area contributed by atoms with Gasteiger partial charge in [0.2, 0.25) is 11.7 Å². The normalized spacial score (nSPS) is 14.8. The van der Waals surface area contributed by atoms with E-state index in [2.05, 4.69) is 36.2 Å². The van der Waals surface area contributed by atoms with Crippen molar-refractivity contribution in [1.29, 1.82) is 0 Å². The third-order valence-corrected chi connectivity index (χ3v) is 3.10. The fourth-order valence-corrected chi connectivity index (χ4v) is 2.24. The van der Waals surface area contributed by atoms with Crippen molar-refractivity contribution in [2.24, 2.45) is 5.92 Å². The second kappa shape index (κ2) is 8.27. The van der Waals surface area contributed by atoms with Crippen molar-refractivity contribution in [3.05, 3.63) is 11.7 Å². The summed E-state index contributed by atoms with van der Waals surface area (Å²) in [5, 5.41) is 7.48. The van der Waals surface area contributed by atoms with Crippen molar-refractivity contribution in [2.75, 3.05) is 13.7 Å². The molecule has 2 unspecified atom stereocenters. The maximum atomic E-state index is 5.33. The molecule has 110 valence electrons. The number of likely N-dealkylation sites (N-methyl/N-ethyl adjacent to an activating group) is 1. The van der Waals surface area contributed by atoms with E-state index in [0.29, 0.717) is 23.7 Å². The maximum Gasteiger partial charge on any atom is 0.228 e. The number of nitrogens with zero attached hydrogens (tertiary/aromatic N) is 2. The first-order chi connectivity index (χ1) is 9.10. The van der Waals surface area contributed by atoms with Crippen molar-refractivity contribution in [2.45, 2.75) is 59.1 Å². The van der Waals surface area contributed by atoms with Crippen molar-refractivity contribution in [3.63, 3.8) is 0 Å².